The van der Waals surface area contributed by atoms with E-state index < -0.39 is 5.97 Å². The molecule has 4 heteroatoms. The zero-order valence-corrected chi connectivity index (χ0v) is 6.46. The van der Waals surface area contributed by atoms with E-state index in [-0.39, 0.29) is 12.2 Å². The highest BCUT2D eigenvalue weighted by molar-refractivity contribution is 5.66. The summed E-state index contributed by atoms with van der Waals surface area (Å²) >= 11 is 0. The maximum Gasteiger partial charge on any atom is 0.307 e. The van der Waals surface area contributed by atoms with E-state index in [1.54, 1.807) is 0 Å². The number of hydrogen-bond donors (Lipinski definition) is 0. The third-order valence-electron chi connectivity index (χ3n) is 0.811. The van der Waals surface area contributed by atoms with Crippen molar-refractivity contribution in [2.45, 2.75) is 6.92 Å². The van der Waals surface area contributed by atoms with Gasteiger partial charge in [-0.2, -0.15) is 5.26 Å². The molecular formula is C7H9NO3. The lowest BCUT2D eigenvalue weighted by atomic mass is 10.3. The Morgan fingerprint density at radius 2 is 2.36 bits per heavy atom. The standard InChI is InChI=1S/C7H9NO3/c1-6(9)11-5-7(3-8)4-10-2/h5H,4H2,1-2H3/b7-5+. The summed E-state index contributed by atoms with van der Waals surface area (Å²) in [6.07, 6.45) is 1.09. The maximum atomic E-state index is 10.3. The Labute approximate surface area is 65.0 Å². The number of esters is 1. The van der Waals surface area contributed by atoms with Crippen LogP contribution in [0.5, 0.6) is 0 Å². The molecule has 0 N–H and O–H groups in total. The van der Waals surface area contributed by atoms with Crippen molar-refractivity contribution in [1.82, 2.24) is 0 Å². The Bertz CT molecular complexity index is 202. The second-order valence-electron chi connectivity index (χ2n) is 1.80. The molecule has 0 heterocycles. The topological polar surface area (TPSA) is 59.3 Å². The van der Waals surface area contributed by atoms with Gasteiger partial charge < -0.3 is 9.47 Å². The van der Waals surface area contributed by atoms with Gasteiger partial charge in [0.25, 0.3) is 0 Å². The number of nitriles is 1. The lowest BCUT2D eigenvalue weighted by molar-refractivity contribution is -0.135. The summed E-state index contributed by atoms with van der Waals surface area (Å²) in [6, 6.07) is 1.82. The van der Waals surface area contributed by atoms with Gasteiger partial charge in [-0.15, -0.1) is 0 Å². The molecule has 60 valence electrons. The minimum absolute atomic E-state index is 0.157. The van der Waals surface area contributed by atoms with Crippen molar-refractivity contribution in [3.05, 3.63) is 11.8 Å². The molecule has 0 aromatic rings. The molecule has 0 bridgehead atoms. The Morgan fingerprint density at radius 1 is 1.73 bits per heavy atom. The predicted octanol–water partition coefficient (Wildman–Crippen LogP) is 0.603. The van der Waals surface area contributed by atoms with Crippen LogP contribution in [0.3, 0.4) is 0 Å². The van der Waals surface area contributed by atoms with Gasteiger partial charge >= 0.3 is 5.97 Å². The zero-order chi connectivity index (χ0) is 8.69. The Hall–Kier alpha value is -1.34. The predicted molar refractivity (Wildman–Crippen MR) is 37.3 cm³/mol. The van der Waals surface area contributed by atoms with E-state index in [0.717, 1.165) is 6.26 Å². The molecule has 0 atom stereocenters. The summed E-state index contributed by atoms with van der Waals surface area (Å²) in [4.78, 5) is 10.3. The Balaban J connectivity index is 3.93. The quantitative estimate of drug-likeness (QED) is 0.340. The van der Waals surface area contributed by atoms with Crippen molar-refractivity contribution in [3.8, 4) is 6.07 Å². The number of nitrogens with zero attached hydrogens (tertiary/aromatic N) is 1. The molecule has 0 saturated heterocycles. The van der Waals surface area contributed by atoms with Crippen LogP contribution in [0, 0.1) is 11.3 Å². The molecule has 0 rings (SSSR count). The molecule has 0 aliphatic rings. The van der Waals surface area contributed by atoms with Crippen molar-refractivity contribution in [2.75, 3.05) is 13.7 Å². The maximum absolute atomic E-state index is 10.3. The van der Waals surface area contributed by atoms with E-state index in [0.29, 0.717) is 0 Å². The number of carbonyl (C=O) groups excluding carboxylic acids is 1. The van der Waals surface area contributed by atoms with Gasteiger partial charge in [0.1, 0.15) is 12.3 Å². The van der Waals surface area contributed by atoms with Gasteiger partial charge in [0.05, 0.1) is 12.2 Å². The SMILES string of the molecule is COC/C(C#N)=C/OC(C)=O. The average molecular weight is 155 g/mol. The van der Waals surface area contributed by atoms with E-state index in [1.807, 2.05) is 6.07 Å². The molecule has 0 unspecified atom stereocenters. The van der Waals surface area contributed by atoms with Crippen LogP contribution < -0.4 is 0 Å². The molecule has 0 aromatic heterocycles. The lowest BCUT2D eigenvalue weighted by Gasteiger charge is -1.95. The zero-order valence-electron chi connectivity index (χ0n) is 6.46. The van der Waals surface area contributed by atoms with Crippen LogP contribution in [-0.2, 0) is 14.3 Å². The van der Waals surface area contributed by atoms with Crippen molar-refractivity contribution in [3.63, 3.8) is 0 Å². The fourth-order valence-corrected chi connectivity index (χ4v) is 0.402. The van der Waals surface area contributed by atoms with Crippen LogP contribution in [0.4, 0.5) is 0 Å². The van der Waals surface area contributed by atoms with Crippen molar-refractivity contribution in [2.24, 2.45) is 0 Å². The van der Waals surface area contributed by atoms with E-state index in [1.165, 1.54) is 14.0 Å². The largest absolute Gasteiger partial charge is 0.434 e. The van der Waals surface area contributed by atoms with Gasteiger partial charge in [-0.05, 0) is 0 Å². The molecule has 0 radical (unpaired) electrons. The first-order chi connectivity index (χ1) is 5.20. The van der Waals surface area contributed by atoms with Gasteiger partial charge in [0.2, 0.25) is 0 Å². The first kappa shape index (κ1) is 9.66. The number of ether oxygens (including phenoxy) is 2. The molecule has 0 aliphatic carbocycles. The van der Waals surface area contributed by atoms with E-state index in [4.69, 9.17) is 5.26 Å². The Morgan fingerprint density at radius 3 is 2.73 bits per heavy atom. The number of rotatable bonds is 3. The van der Waals surface area contributed by atoms with E-state index in [2.05, 4.69) is 9.47 Å². The monoisotopic (exact) mass is 155 g/mol. The highest BCUT2D eigenvalue weighted by atomic mass is 16.5. The average Bonchev–Trinajstić information content (AvgIpc) is 1.97. The first-order valence-electron chi connectivity index (χ1n) is 2.96. The third-order valence-corrected chi connectivity index (χ3v) is 0.811. The minimum atomic E-state index is -0.450. The van der Waals surface area contributed by atoms with Crippen LogP contribution in [-0.4, -0.2) is 19.7 Å². The highest BCUT2D eigenvalue weighted by Gasteiger charge is 1.95. The summed E-state index contributed by atoms with van der Waals surface area (Å²) in [6.45, 7) is 1.42. The summed E-state index contributed by atoms with van der Waals surface area (Å²) in [5.41, 5.74) is 0.280. The van der Waals surface area contributed by atoms with Gasteiger partial charge in [0, 0.05) is 14.0 Å². The van der Waals surface area contributed by atoms with Gasteiger partial charge in [-0.1, -0.05) is 0 Å². The number of methoxy groups -OCH3 is 1. The second-order valence-corrected chi connectivity index (χ2v) is 1.80. The van der Waals surface area contributed by atoms with Gasteiger partial charge in [-0.3, -0.25) is 4.79 Å². The van der Waals surface area contributed by atoms with Gasteiger partial charge in [0.15, 0.2) is 0 Å². The number of hydrogen-bond acceptors (Lipinski definition) is 4. The normalized spacial score (nSPS) is 10.5. The minimum Gasteiger partial charge on any atom is -0.434 e. The smallest absolute Gasteiger partial charge is 0.307 e. The highest BCUT2D eigenvalue weighted by Crippen LogP contribution is 1.93. The summed E-state index contributed by atoms with van der Waals surface area (Å²) < 4.78 is 9.09. The van der Waals surface area contributed by atoms with Gasteiger partial charge in [-0.25, -0.2) is 0 Å². The van der Waals surface area contributed by atoms with E-state index >= 15 is 0 Å². The molecule has 0 aromatic carbocycles. The number of carbonyl (C=O) groups is 1. The molecule has 4 nitrogen and oxygen atoms in total. The molecule has 11 heavy (non-hydrogen) atoms. The van der Waals surface area contributed by atoms with E-state index in [9.17, 15) is 4.79 Å². The molecule has 0 saturated carbocycles. The first-order valence-corrected chi connectivity index (χ1v) is 2.96. The molecular weight excluding hydrogens is 146 g/mol. The van der Waals surface area contributed by atoms with Crippen LogP contribution in [0.25, 0.3) is 0 Å². The molecule has 0 fully saturated rings. The van der Waals surface area contributed by atoms with Crippen LogP contribution in [0.1, 0.15) is 6.92 Å². The van der Waals surface area contributed by atoms with Crippen molar-refractivity contribution in [1.29, 1.82) is 5.26 Å². The fourth-order valence-electron chi connectivity index (χ4n) is 0.402. The Kier molecular flexibility index (Phi) is 4.78. The van der Waals surface area contributed by atoms with Crippen molar-refractivity contribution >= 4 is 5.97 Å². The second kappa shape index (κ2) is 5.45. The van der Waals surface area contributed by atoms with Crippen LogP contribution in [0.15, 0.2) is 11.8 Å². The summed E-state index contributed by atoms with van der Waals surface area (Å²) in [7, 11) is 1.46. The molecule has 0 spiro atoms. The molecule has 0 aliphatic heterocycles. The summed E-state index contributed by atoms with van der Waals surface area (Å²) in [5.74, 6) is -0.450. The third kappa shape index (κ3) is 5.12. The van der Waals surface area contributed by atoms with Crippen LogP contribution in [0.2, 0.25) is 0 Å². The fraction of sp³-hybridized carbons (Fsp3) is 0.429. The summed E-state index contributed by atoms with van der Waals surface area (Å²) in [5, 5.41) is 8.38. The van der Waals surface area contributed by atoms with Crippen LogP contribution >= 0.6 is 0 Å². The van der Waals surface area contributed by atoms with Crippen molar-refractivity contribution < 1.29 is 14.3 Å². The lowest BCUT2D eigenvalue weighted by Crippen LogP contribution is -1.96. The molecule has 0 amide bonds.